The fourth-order valence-corrected chi connectivity index (χ4v) is 2.25. The van der Waals surface area contributed by atoms with Crippen LogP contribution in [-0.4, -0.2) is 23.9 Å². The molecule has 0 aliphatic rings. The van der Waals surface area contributed by atoms with E-state index in [1.165, 1.54) is 0 Å². The van der Waals surface area contributed by atoms with E-state index in [1.807, 2.05) is 47.4 Å². The molecule has 2 N–H and O–H groups in total. The maximum Gasteiger partial charge on any atom is 0.191 e. The van der Waals surface area contributed by atoms with Crippen molar-refractivity contribution in [2.75, 3.05) is 13.1 Å². The third-order valence-electron chi connectivity index (χ3n) is 3.68. The Balaban J connectivity index is 1.88. The molecule has 4 heteroatoms. The highest BCUT2D eigenvalue weighted by atomic mass is 16.5. The number of nitrogens with zero attached hydrogens (tertiary/aromatic N) is 2. The Morgan fingerprint density at radius 2 is 1.61 bits per heavy atom. The van der Waals surface area contributed by atoms with Crippen LogP contribution < -0.4 is 10.5 Å². The Labute approximate surface area is 138 Å². The van der Waals surface area contributed by atoms with Crippen molar-refractivity contribution >= 4 is 5.96 Å². The number of hydrogen-bond acceptors (Lipinski definition) is 2. The molecule has 0 saturated heterocycles. The second-order valence-corrected chi connectivity index (χ2v) is 5.26. The first-order valence-electron chi connectivity index (χ1n) is 8.03. The van der Waals surface area contributed by atoms with Crippen LogP contribution >= 0.6 is 0 Å². The molecule has 0 aliphatic heterocycles. The maximum atomic E-state index is 5.98. The summed E-state index contributed by atoms with van der Waals surface area (Å²) in [7, 11) is 0. The van der Waals surface area contributed by atoms with Crippen molar-refractivity contribution in [2.45, 2.75) is 27.0 Å². The first-order chi connectivity index (χ1) is 11.2. The van der Waals surface area contributed by atoms with Crippen LogP contribution in [0, 0.1) is 0 Å². The first kappa shape index (κ1) is 16.9. The Morgan fingerprint density at radius 1 is 0.957 bits per heavy atom. The first-order valence-corrected chi connectivity index (χ1v) is 8.03. The number of hydrogen-bond donors (Lipinski definition) is 1. The molecule has 0 aromatic heterocycles. The largest absolute Gasteiger partial charge is 0.489 e. The molecule has 0 atom stereocenters. The monoisotopic (exact) mass is 311 g/mol. The molecule has 0 amide bonds. The van der Waals surface area contributed by atoms with Crippen LogP contribution in [0.2, 0.25) is 0 Å². The molecular weight excluding hydrogens is 286 g/mol. The van der Waals surface area contributed by atoms with Gasteiger partial charge in [0.05, 0.1) is 6.54 Å². The highest BCUT2D eigenvalue weighted by Gasteiger charge is 2.02. The highest BCUT2D eigenvalue weighted by Crippen LogP contribution is 2.14. The average Bonchev–Trinajstić information content (AvgIpc) is 2.61. The predicted molar refractivity (Wildman–Crippen MR) is 95.5 cm³/mol. The predicted octanol–water partition coefficient (Wildman–Crippen LogP) is 3.42. The summed E-state index contributed by atoms with van der Waals surface area (Å²) in [5.74, 6) is 1.46. The van der Waals surface area contributed by atoms with E-state index in [0.29, 0.717) is 19.1 Å². The van der Waals surface area contributed by atoms with Gasteiger partial charge in [0.15, 0.2) is 5.96 Å². The quantitative estimate of drug-likeness (QED) is 0.629. The van der Waals surface area contributed by atoms with Gasteiger partial charge in [-0.15, -0.1) is 0 Å². The van der Waals surface area contributed by atoms with Gasteiger partial charge in [-0.2, -0.15) is 0 Å². The molecule has 0 radical (unpaired) electrons. The lowest BCUT2D eigenvalue weighted by atomic mass is 10.2. The molecule has 23 heavy (non-hydrogen) atoms. The lowest BCUT2D eigenvalue weighted by Gasteiger charge is -2.19. The molecule has 2 rings (SSSR count). The minimum absolute atomic E-state index is 0.577. The Morgan fingerprint density at radius 3 is 2.22 bits per heavy atom. The molecule has 0 bridgehead atoms. The van der Waals surface area contributed by atoms with Crippen LogP contribution in [-0.2, 0) is 13.2 Å². The standard InChI is InChI=1S/C19H25N3O/c1-3-22(4-2)19(20)21-14-16-10-12-18(13-11-16)23-15-17-8-6-5-7-9-17/h5-13H,3-4,14-15H2,1-2H3,(H2,20,21). The molecule has 0 fully saturated rings. The fourth-order valence-electron chi connectivity index (χ4n) is 2.25. The van der Waals surface area contributed by atoms with Crippen molar-refractivity contribution < 1.29 is 4.74 Å². The van der Waals surface area contributed by atoms with Crippen molar-refractivity contribution in [2.24, 2.45) is 10.7 Å². The lowest BCUT2D eigenvalue weighted by Crippen LogP contribution is -2.37. The Hall–Kier alpha value is -2.49. The van der Waals surface area contributed by atoms with E-state index in [1.54, 1.807) is 0 Å². The Bertz CT molecular complexity index is 604. The zero-order chi connectivity index (χ0) is 16.5. The van der Waals surface area contributed by atoms with Gasteiger partial charge in [-0.05, 0) is 37.1 Å². The van der Waals surface area contributed by atoms with Crippen LogP contribution in [0.3, 0.4) is 0 Å². The van der Waals surface area contributed by atoms with Gasteiger partial charge in [0.1, 0.15) is 12.4 Å². The second-order valence-electron chi connectivity index (χ2n) is 5.26. The SMILES string of the molecule is CCN(CC)C(N)=NCc1ccc(OCc2ccccc2)cc1. The number of guanidine groups is 1. The van der Waals surface area contributed by atoms with Gasteiger partial charge in [-0.25, -0.2) is 4.99 Å². The van der Waals surface area contributed by atoms with Crippen LogP contribution in [0.1, 0.15) is 25.0 Å². The van der Waals surface area contributed by atoms with Gasteiger partial charge in [0.25, 0.3) is 0 Å². The topological polar surface area (TPSA) is 50.8 Å². The summed E-state index contributed by atoms with van der Waals surface area (Å²) in [6.45, 7) is 7.06. The summed E-state index contributed by atoms with van der Waals surface area (Å²) >= 11 is 0. The third-order valence-corrected chi connectivity index (χ3v) is 3.68. The van der Waals surface area contributed by atoms with E-state index in [4.69, 9.17) is 10.5 Å². The van der Waals surface area contributed by atoms with Crippen LogP contribution in [0.25, 0.3) is 0 Å². The summed E-state index contributed by atoms with van der Waals surface area (Å²) in [6, 6.07) is 18.1. The van der Waals surface area contributed by atoms with Gasteiger partial charge in [-0.3, -0.25) is 0 Å². The van der Waals surface area contributed by atoms with Crippen molar-refractivity contribution in [3.63, 3.8) is 0 Å². The number of ether oxygens (including phenoxy) is 1. The molecule has 0 aliphatic carbocycles. The fraction of sp³-hybridized carbons (Fsp3) is 0.316. The lowest BCUT2D eigenvalue weighted by molar-refractivity contribution is 0.306. The minimum Gasteiger partial charge on any atom is -0.489 e. The smallest absolute Gasteiger partial charge is 0.191 e. The van der Waals surface area contributed by atoms with E-state index in [0.717, 1.165) is 30.0 Å². The van der Waals surface area contributed by atoms with Crippen molar-refractivity contribution in [3.05, 3.63) is 65.7 Å². The summed E-state index contributed by atoms with van der Waals surface area (Å²) in [5, 5.41) is 0. The molecule has 122 valence electrons. The summed E-state index contributed by atoms with van der Waals surface area (Å²) in [6.07, 6.45) is 0. The van der Waals surface area contributed by atoms with Gasteiger partial charge in [0.2, 0.25) is 0 Å². The van der Waals surface area contributed by atoms with Crippen molar-refractivity contribution in [1.82, 2.24) is 4.90 Å². The normalized spacial score (nSPS) is 11.3. The van der Waals surface area contributed by atoms with Gasteiger partial charge < -0.3 is 15.4 Å². The van der Waals surface area contributed by atoms with Crippen LogP contribution in [0.5, 0.6) is 5.75 Å². The van der Waals surface area contributed by atoms with E-state index in [9.17, 15) is 0 Å². The summed E-state index contributed by atoms with van der Waals surface area (Å²) in [5.41, 5.74) is 8.26. The summed E-state index contributed by atoms with van der Waals surface area (Å²) < 4.78 is 5.78. The van der Waals surface area contributed by atoms with Crippen LogP contribution in [0.15, 0.2) is 59.6 Å². The molecule has 4 nitrogen and oxygen atoms in total. The zero-order valence-corrected chi connectivity index (χ0v) is 13.9. The van der Waals surface area contributed by atoms with E-state index in [2.05, 4.69) is 31.0 Å². The second kappa shape index (κ2) is 8.83. The number of aliphatic imine (C=N–C) groups is 1. The molecular formula is C19H25N3O. The molecule has 2 aromatic carbocycles. The van der Waals surface area contributed by atoms with Gasteiger partial charge in [0, 0.05) is 13.1 Å². The molecule has 0 spiro atoms. The van der Waals surface area contributed by atoms with Crippen LogP contribution in [0.4, 0.5) is 0 Å². The molecule has 0 heterocycles. The number of nitrogens with two attached hydrogens (primary N) is 1. The Kier molecular flexibility index (Phi) is 6.48. The van der Waals surface area contributed by atoms with E-state index >= 15 is 0 Å². The molecule has 0 saturated carbocycles. The number of rotatable bonds is 7. The van der Waals surface area contributed by atoms with Crippen molar-refractivity contribution in [1.29, 1.82) is 0 Å². The van der Waals surface area contributed by atoms with Crippen molar-refractivity contribution in [3.8, 4) is 5.75 Å². The highest BCUT2D eigenvalue weighted by molar-refractivity contribution is 5.78. The molecule has 2 aromatic rings. The summed E-state index contributed by atoms with van der Waals surface area (Å²) in [4.78, 5) is 6.48. The van der Waals surface area contributed by atoms with Gasteiger partial charge in [-0.1, -0.05) is 42.5 Å². The number of benzene rings is 2. The maximum absolute atomic E-state index is 5.98. The van der Waals surface area contributed by atoms with E-state index < -0.39 is 0 Å². The van der Waals surface area contributed by atoms with Gasteiger partial charge >= 0.3 is 0 Å². The zero-order valence-electron chi connectivity index (χ0n) is 13.9. The minimum atomic E-state index is 0.577. The average molecular weight is 311 g/mol. The van der Waals surface area contributed by atoms with E-state index in [-0.39, 0.29) is 0 Å². The third kappa shape index (κ3) is 5.33. The molecule has 0 unspecified atom stereocenters.